The highest BCUT2D eigenvalue weighted by atomic mass is 16.8. The van der Waals surface area contributed by atoms with Crippen LogP contribution in [0.1, 0.15) is 25.0 Å². The Bertz CT molecular complexity index is 595. The van der Waals surface area contributed by atoms with E-state index in [4.69, 9.17) is 4.84 Å². The van der Waals surface area contributed by atoms with E-state index < -0.39 is 17.7 Å². The molecule has 0 unspecified atom stereocenters. The molecular formula is C15H21NO7. The van der Waals surface area contributed by atoms with Gasteiger partial charge in [-0.05, 0) is 17.7 Å². The van der Waals surface area contributed by atoms with E-state index in [-0.39, 0.29) is 16.9 Å². The number of fused-ring (bicyclic) bond motifs is 1. The van der Waals surface area contributed by atoms with Crippen molar-refractivity contribution >= 4 is 12.0 Å². The van der Waals surface area contributed by atoms with E-state index in [9.17, 15) is 25.2 Å². The minimum absolute atomic E-state index is 0.111. The Labute approximate surface area is 133 Å². The molecule has 1 aromatic rings. The van der Waals surface area contributed by atoms with Crippen molar-refractivity contribution in [1.29, 1.82) is 0 Å². The lowest BCUT2D eigenvalue weighted by molar-refractivity contribution is -0.426. The van der Waals surface area contributed by atoms with Crippen molar-refractivity contribution in [1.82, 2.24) is 5.06 Å². The number of ether oxygens (including phenoxy) is 1. The van der Waals surface area contributed by atoms with Gasteiger partial charge in [-0.25, -0.2) is 5.06 Å². The van der Waals surface area contributed by atoms with Crippen LogP contribution in [0.25, 0.3) is 6.08 Å². The summed E-state index contributed by atoms with van der Waals surface area (Å²) in [6.07, 6.45) is 2.41. The molecule has 8 nitrogen and oxygen atoms in total. The van der Waals surface area contributed by atoms with Crippen molar-refractivity contribution in [2.24, 2.45) is 0 Å². The van der Waals surface area contributed by atoms with Gasteiger partial charge in [0.2, 0.25) is 0 Å². The lowest BCUT2D eigenvalue weighted by atomic mass is 9.98. The third-order valence-electron chi connectivity index (χ3n) is 3.10. The molecule has 8 heteroatoms. The minimum atomic E-state index is -3.17. The summed E-state index contributed by atoms with van der Waals surface area (Å²) in [5.74, 6) is -6.80. The van der Waals surface area contributed by atoms with Gasteiger partial charge in [0.15, 0.2) is 0 Å². The van der Waals surface area contributed by atoms with E-state index in [2.05, 4.69) is 4.74 Å². The van der Waals surface area contributed by atoms with Crippen LogP contribution in [0.15, 0.2) is 24.3 Å². The van der Waals surface area contributed by atoms with Gasteiger partial charge in [-0.1, -0.05) is 26.0 Å². The SMILES string of the molecule is CC.CON(C)C(=O)/C=C/c1cccc2c1C(O)(O)C(O)(O)O2. The molecule has 0 fully saturated rings. The maximum Gasteiger partial charge on any atom is 0.384 e. The normalized spacial score (nSPS) is 17.0. The highest BCUT2D eigenvalue weighted by Crippen LogP contribution is 2.45. The second-order valence-corrected chi connectivity index (χ2v) is 4.45. The van der Waals surface area contributed by atoms with E-state index in [0.29, 0.717) is 0 Å². The summed E-state index contributed by atoms with van der Waals surface area (Å²) in [7, 11) is 2.72. The second-order valence-electron chi connectivity index (χ2n) is 4.45. The third kappa shape index (κ3) is 3.52. The number of likely N-dealkylation sites (N-methyl/N-ethyl adjacent to an activating group) is 1. The van der Waals surface area contributed by atoms with E-state index in [0.717, 1.165) is 11.1 Å². The third-order valence-corrected chi connectivity index (χ3v) is 3.10. The number of rotatable bonds is 3. The predicted molar refractivity (Wildman–Crippen MR) is 80.5 cm³/mol. The van der Waals surface area contributed by atoms with E-state index >= 15 is 0 Å². The number of benzene rings is 1. The molecule has 0 bridgehead atoms. The minimum Gasteiger partial charge on any atom is -0.434 e. The van der Waals surface area contributed by atoms with Gasteiger partial charge in [-0.3, -0.25) is 9.63 Å². The summed E-state index contributed by atoms with van der Waals surface area (Å²) in [6.45, 7) is 4.00. The van der Waals surface area contributed by atoms with Crippen LogP contribution in [0.4, 0.5) is 0 Å². The zero-order valence-corrected chi connectivity index (χ0v) is 13.3. The van der Waals surface area contributed by atoms with Gasteiger partial charge in [0, 0.05) is 13.1 Å². The van der Waals surface area contributed by atoms with Crippen molar-refractivity contribution in [3.63, 3.8) is 0 Å². The molecule has 0 aromatic heterocycles. The molecule has 0 saturated carbocycles. The highest BCUT2D eigenvalue weighted by molar-refractivity contribution is 5.91. The molecule has 1 heterocycles. The molecule has 0 radical (unpaired) electrons. The van der Waals surface area contributed by atoms with Gasteiger partial charge >= 0.3 is 5.97 Å². The first-order chi connectivity index (χ1) is 10.7. The Morgan fingerprint density at radius 1 is 1.26 bits per heavy atom. The van der Waals surface area contributed by atoms with Crippen molar-refractivity contribution in [3.8, 4) is 5.75 Å². The van der Waals surface area contributed by atoms with Crippen LogP contribution >= 0.6 is 0 Å². The summed E-state index contributed by atoms with van der Waals surface area (Å²) < 4.78 is 4.68. The molecule has 2 rings (SSSR count). The van der Waals surface area contributed by atoms with E-state index in [1.165, 1.54) is 38.4 Å². The Balaban J connectivity index is 0.00000127. The number of hydrogen-bond acceptors (Lipinski definition) is 7. The Morgan fingerprint density at radius 3 is 2.43 bits per heavy atom. The lowest BCUT2D eigenvalue weighted by Crippen LogP contribution is -2.51. The van der Waals surface area contributed by atoms with Crippen LogP contribution in [0.5, 0.6) is 5.75 Å². The fourth-order valence-corrected chi connectivity index (χ4v) is 1.89. The van der Waals surface area contributed by atoms with Crippen molar-refractivity contribution in [2.45, 2.75) is 25.6 Å². The lowest BCUT2D eigenvalue weighted by Gasteiger charge is -2.26. The largest absolute Gasteiger partial charge is 0.434 e. The number of nitrogens with zero attached hydrogens (tertiary/aromatic N) is 1. The first-order valence-electron chi connectivity index (χ1n) is 6.92. The quantitative estimate of drug-likeness (QED) is 0.348. The standard InChI is InChI=1S/C13H15NO7.C2H6/c1-14(20-2)10(15)7-6-8-4-3-5-9-11(8)12(16,17)13(18,19)21-9;1-2/h3-7,16-19H,1-2H3;1-2H3/b7-6+;. The molecule has 23 heavy (non-hydrogen) atoms. The molecule has 1 amide bonds. The average Bonchev–Trinajstić information content (AvgIpc) is 2.71. The van der Waals surface area contributed by atoms with E-state index in [1.807, 2.05) is 13.8 Å². The fraction of sp³-hybridized carbons (Fsp3) is 0.400. The molecule has 1 aliphatic rings. The molecule has 0 spiro atoms. The summed E-state index contributed by atoms with van der Waals surface area (Å²) in [5, 5.41) is 39.6. The number of carbonyl (C=O) groups is 1. The molecule has 0 atom stereocenters. The van der Waals surface area contributed by atoms with Gasteiger partial charge in [-0.15, -0.1) is 0 Å². The van der Waals surface area contributed by atoms with Crippen LogP contribution in [0, 0.1) is 0 Å². The number of carbonyl (C=O) groups excluding carboxylic acids is 1. The molecule has 0 saturated heterocycles. The van der Waals surface area contributed by atoms with Crippen LogP contribution in [0.3, 0.4) is 0 Å². The Morgan fingerprint density at radius 2 is 1.87 bits per heavy atom. The zero-order valence-electron chi connectivity index (χ0n) is 13.3. The monoisotopic (exact) mass is 327 g/mol. The van der Waals surface area contributed by atoms with Crippen molar-refractivity contribution in [3.05, 3.63) is 35.4 Å². The zero-order chi connectivity index (χ0) is 17.8. The average molecular weight is 327 g/mol. The number of hydroxylamine groups is 2. The van der Waals surface area contributed by atoms with Gasteiger partial charge in [0.05, 0.1) is 12.7 Å². The topological polar surface area (TPSA) is 120 Å². The number of hydrogen-bond donors (Lipinski definition) is 4. The summed E-state index contributed by atoms with van der Waals surface area (Å²) >= 11 is 0. The maximum atomic E-state index is 11.6. The predicted octanol–water partition coefficient (Wildman–Crippen LogP) is -0.0860. The molecule has 1 aromatic carbocycles. The van der Waals surface area contributed by atoms with Crippen LogP contribution < -0.4 is 4.74 Å². The van der Waals surface area contributed by atoms with Crippen LogP contribution in [-0.4, -0.2) is 51.5 Å². The number of amides is 1. The van der Waals surface area contributed by atoms with E-state index in [1.54, 1.807) is 0 Å². The van der Waals surface area contributed by atoms with Gasteiger partial charge in [-0.2, -0.15) is 0 Å². The highest BCUT2D eigenvalue weighted by Gasteiger charge is 2.59. The molecule has 1 aliphatic heterocycles. The Hall–Kier alpha value is -1.97. The van der Waals surface area contributed by atoms with Gasteiger partial charge in [0.1, 0.15) is 5.75 Å². The van der Waals surface area contributed by atoms with Crippen LogP contribution in [-0.2, 0) is 15.4 Å². The second kappa shape index (κ2) is 7.07. The summed E-state index contributed by atoms with van der Waals surface area (Å²) in [4.78, 5) is 16.3. The van der Waals surface area contributed by atoms with Crippen LogP contribution in [0.2, 0.25) is 0 Å². The maximum absolute atomic E-state index is 11.6. The first kappa shape index (κ1) is 19.1. The van der Waals surface area contributed by atoms with Gasteiger partial charge in [0.25, 0.3) is 11.7 Å². The van der Waals surface area contributed by atoms with Crippen molar-refractivity contribution in [2.75, 3.05) is 14.2 Å². The molecule has 0 aliphatic carbocycles. The fourth-order valence-electron chi connectivity index (χ4n) is 1.89. The Kier molecular flexibility index (Phi) is 5.86. The molecule has 128 valence electrons. The molecule has 4 N–H and O–H groups in total. The first-order valence-corrected chi connectivity index (χ1v) is 6.92. The van der Waals surface area contributed by atoms with Gasteiger partial charge < -0.3 is 25.2 Å². The summed E-state index contributed by atoms with van der Waals surface area (Å²) in [5.41, 5.74) is -0.0700. The number of aliphatic hydroxyl groups is 4. The summed E-state index contributed by atoms with van der Waals surface area (Å²) in [6, 6.07) is 4.30. The smallest absolute Gasteiger partial charge is 0.384 e. The van der Waals surface area contributed by atoms with Crippen molar-refractivity contribution < 1.29 is 34.8 Å². The molecular weight excluding hydrogens is 306 g/mol.